The van der Waals surface area contributed by atoms with Gasteiger partial charge in [0.05, 0.1) is 0 Å². The van der Waals surface area contributed by atoms with Crippen LogP contribution in [0.25, 0.3) is 6.08 Å². The summed E-state index contributed by atoms with van der Waals surface area (Å²) in [6.45, 7) is 1.86. The molecule has 144 valence electrons. The molecule has 3 aromatic carbocycles. The zero-order valence-electron chi connectivity index (χ0n) is 15.7. The Bertz CT molecular complexity index is 1130. The normalized spacial score (nSPS) is 11.0. The summed E-state index contributed by atoms with van der Waals surface area (Å²) in [5, 5.41) is 12.7. The predicted octanol–water partition coefficient (Wildman–Crippen LogP) is 5.92. The van der Waals surface area contributed by atoms with E-state index in [-0.39, 0.29) is 11.4 Å². The standard InChI is InChI=1S/C24H18ClFN2O/c1-16-10-11-21(14-22(16)25)28-24(29)20(15-27)13-18-7-3-2-6-17(18)12-19-8-4-5-9-23(19)26/h2-11,13-14H,12H2,1H3,(H,28,29)/b20-13+. The lowest BCUT2D eigenvalue weighted by atomic mass is 9.98. The summed E-state index contributed by atoms with van der Waals surface area (Å²) in [6, 6.07) is 20.9. The Morgan fingerprint density at radius 1 is 1.10 bits per heavy atom. The molecule has 5 heteroatoms. The van der Waals surface area contributed by atoms with Gasteiger partial charge in [0.1, 0.15) is 17.5 Å². The maximum Gasteiger partial charge on any atom is 0.266 e. The van der Waals surface area contributed by atoms with Crippen LogP contribution in [-0.2, 0) is 11.2 Å². The summed E-state index contributed by atoms with van der Waals surface area (Å²) in [6.07, 6.45) is 1.87. The average molecular weight is 405 g/mol. The summed E-state index contributed by atoms with van der Waals surface area (Å²) >= 11 is 6.09. The van der Waals surface area contributed by atoms with E-state index in [4.69, 9.17) is 11.6 Å². The second-order valence-electron chi connectivity index (χ2n) is 6.55. The van der Waals surface area contributed by atoms with Crippen LogP contribution in [0.1, 0.15) is 22.3 Å². The van der Waals surface area contributed by atoms with E-state index in [0.717, 1.165) is 11.1 Å². The van der Waals surface area contributed by atoms with Crippen LogP contribution < -0.4 is 5.32 Å². The summed E-state index contributed by atoms with van der Waals surface area (Å²) < 4.78 is 14.0. The van der Waals surface area contributed by atoms with E-state index >= 15 is 0 Å². The Balaban J connectivity index is 1.87. The van der Waals surface area contributed by atoms with Gasteiger partial charge in [-0.3, -0.25) is 4.79 Å². The SMILES string of the molecule is Cc1ccc(NC(=O)/C(C#N)=C/c2ccccc2Cc2ccccc2F)cc1Cl. The van der Waals surface area contributed by atoms with Crippen molar-refractivity contribution in [3.05, 3.63) is 105 Å². The largest absolute Gasteiger partial charge is 0.321 e. The molecular weight excluding hydrogens is 387 g/mol. The van der Waals surface area contributed by atoms with Gasteiger partial charge in [-0.25, -0.2) is 4.39 Å². The Hall–Kier alpha value is -3.42. The van der Waals surface area contributed by atoms with Crippen LogP contribution in [0.15, 0.2) is 72.3 Å². The third-order valence-corrected chi connectivity index (χ3v) is 4.90. The first-order valence-electron chi connectivity index (χ1n) is 8.98. The summed E-state index contributed by atoms with van der Waals surface area (Å²) in [4.78, 5) is 12.6. The number of rotatable bonds is 5. The number of halogens is 2. The summed E-state index contributed by atoms with van der Waals surface area (Å²) in [5.41, 5.74) is 3.39. The lowest BCUT2D eigenvalue weighted by Gasteiger charge is -2.09. The first kappa shape index (κ1) is 20.3. The lowest BCUT2D eigenvalue weighted by Crippen LogP contribution is -2.13. The molecule has 0 bridgehead atoms. The van der Waals surface area contributed by atoms with Crippen molar-refractivity contribution in [2.45, 2.75) is 13.3 Å². The van der Waals surface area contributed by atoms with Crippen molar-refractivity contribution >= 4 is 29.3 Å². The molecule has 29 heavy (non-hydrogen) atoms. The van der Waals surface area contributed by atoms with Gasteiger partial charge in [-0.15, -0.1) is 0 Å². The molecule has 0 aliphatic heterocycles. The van der Waals surface area contributed by atoms with Gasteiger partial charge in [0.25, 0.3) is 5.91 Å². The molecule has 0 atom stereocenters. The zero-order valence-corrected chi connectivity index (χ0v) is 16.5. The van der Waals surface area contributed by atoms with Gasteiger partial charge in [-0.1, -0.05) is 60.1 Å². The van der Waals surface area contributed by atoms with Gasteiger partial charge in [-0.2, -0.15) is 5.26 Å². The van der Waals surface area contributed by atoms with Crippen LogP contribution in [-0.4, -0.2) is 5.91 Å². The van der Waals surface area contributed by atoms with Gasteiger partial charge in [0, 0.05) is 17.1 Å². The van der Waals surface area contributed by atoms with Crippen molar-refractivity contribution < 1.29 is 9.18 Å². The van der Waals surface area contributed by atoms with Crippen molar-refractivity contribution in [2.24, 2.45) is 0 Å². The van der Waals surface area contributed by atoms with Crippen molar-refractivity contribution in [3.63, 3.8) is 0 Å². The van der Waals surface area contributed by atoms with Crippen LogP contribution in [0.5, 0.6) is 0 Å². The molecule has 0 aliphatic carbocycles. The Morgan fingerprint density at radius 3 is 2.48 bits per heavy atom. The highest BCUT2D eigenvalue weighted by atomic mass is 35.5. The number of carbonyl (C=O) groups is 1. The number of carbonyl (C=O) groups excluding carboxylic acids is 1. The van der Waals surface area contributed by atoms with Crippen molar-refractivity contribution in [1.29, 1.82) is 5.26 Å². The molecule has 3 aromatic rings. The molecule has 0 spiro atoms. The lowest BCUT2D eigenvalue weighted by molar-refractivity contribution is -0.112. The van der Waals surface area contributed by atoms with Gasteiger partial charge in [0.15, 0.2) is 0 Å². The Labute approximate surface area is 174 Å². The monoisotopic (exact) mass is 404 g/mol. The minimum atomic E-state index is -0.534. The number of nitriles is 1. The number of benzene rings is 3. The fourth-order valence-corrected chi connectivity index (χ4v) is 3.04. The van der Waals surface area contributed by atoms with Crippen molar-refractivity contribution in [2.75, 3.05) is 5.32 Å². The zero-order chi connectivity index (χ0) is 20.8. The van der Waals surface area contributed by atoms with Crippen molar-refractivity contribution in [1.82, 2.24) is 0 Å². The van der Waals surface area contributed by atoms with Crippen LogP contribution in [0, 0.1) is 24.1 Å². The van der Waals surface area contributed by atoms with Crippen LogP contribution in [0.3, 0.4) is 0 Å². The summed E-state index contributed by atoms with van der Waals surface area (Å²) in [5.74, 6) is -0.825. The Kier molecular flexibility index (Phi) is 6.43. The number of nitrogens with zero attached hydrogens (tertiary/aromatic N) is 1. The number of anilines is 1. The molecule has 0 aromatic heterocycles. The smallest absolute Gasteiger partial charge is 0.266 e. The Morgan fingerprint density at radius 2 is 1.79 bits per heavy atom. The van der Waals surface area contributed by atoms with E-state index in [1.165, 1.54) is 12.1 Å². The quantitative estimate of drug-likeness (QED) is 0.423. The molecule has 3 rings (SSSR count). The molecule has 0 saturated heterocycles. The predicted molar refractivity (Wildman–Crippen MR) is 114 cm³/mol. The van der Waals surface area contributed by atoms with Gasteiger partial charge in [-0.05, 0) is 53.5 Å². The number of nitrogens with one attached hydrogen (secondary N) is 1. The van der Waals surface area contributed by atoms with E-state index < -0.39 is 5.91 Å². The number of hydrogen-bond donors (Lipinski definition) is 1. The molecule has 0 heterocycles. The maximum absolute atomic E-state index is 14.0. The highest BCUT2D eigenvalue weighted by Gasteiger charge is 2.12. The molecule has 1 amide bonds. The van der Waals surface area contributed by atoms with Crippen LogP contribution in [0.2, 0.25) is 5.02 Å². The van der Waals surface area contributed by atoms with Gasteiger partial charge >= 0.3 is 0 Å². The van der Waals surface area contributed by atoms with Crippen LogP contribution in [0.4, 0.5) is 10.1 Å². The fraction of sp³-hybridized carbons (Fsp3) is 0.0833. The average Bonchev–Trinajstić information content (AvgIpc) is 2.71. The van der Waals surface area contributed by atoms with E-state index in [1.807, 2.05) is 31.2 Å². The third-order valence-electron chi connectivity index (χ3n) is 4.49. The van der Waals surface area contributed by atoms with Gasteiger partial charge < -0.3 is 5.32 Å². The molecule has 3 nitrogen and oxygen atoms in total. The first-order chi connectivity index (χ1) is 14.0. The topological polar surface area (TPSA) is 52.9 Å². The third kappa shape index (κ3) is 5.10. The van der Waals surface area contributed by atoms with Gasteiger partial charge in [0.2, 0.25) is 0 Å². The maximum atomic E-state index is 14.0. The van der Waals surface area contributed by atoms with Crippen molar-refractivity contribution in [3.8, 4) is 6.07 Å². The molecule has 0 saturated carbocycles. The molecule has 0 aliphatic rings. The highest BCUT2D eigenvalue weighted by molar-refractivity contribution is 6.31. The molecule has 1 N–H and O–H groups in total. The van der Waals surface area contributed by atoms with E-state index in [9.17, 15) is 14.4 Å². The highest BCUT2D eigenvalue weighted by Crippen LogP contribution is 2.22. The van der Waals surface area contributed by atoms with E-state index in [0.29, 0.717) is 28.3 Å². The number of amides is 1. The summed E-state index contributed by atoms with van der Waals surface area (Å²) in [7, 11) is 0. The first-order valence-corrected chi connectivity index (χ1v) is 9.36. The molecule has 0 unspecified atom stereocenters. The fourth-order valence-electron chi connectivity index (χ4n) is 2.86. The molecule has 0 radical (unpaired) electrons. The minimum absolute atomic E-state index is 0.0531. The minimum Gasteiger partial charge on any atom is -0.321 e. The number of hydrogen-bond acceptors (Lipinski definition) is 2. The second kappa shape index (κ2) is 9.18. The van der Waals surface area contributed by atoms with E-state index in [2.05, 4.69) is 5.32 Å². The van der Waals surface area contributed by atoms with E-state index in [1.54, 1.807) is 42.5 Å². The second-order valence-corrected chi connectivity index (χ2v) is 6.96. The molecule has 0 fully saturated rings. The molecular formula is C24H18ClFN2O. The van der Waals surface area contributed by atoms with Crippen LogP contribution >= 0.6 is 11.6 Å². The number of aryl methyl sites for hydroxylation is 1.